The van der Waals surface area contributed by atoms with Crippen molar-refractivity contribution in [1.29, 1.82) is 0 Å². The molecule has 104 valence electrons. The van der Waals surface area contributed by atoms with E-state index in [1.54, 1.807) is 12.4 Å². The SMILES string of the molecule is C[C@H](NC(=O)CC(N)c1ccccc1)c1cccnc1. The van der Waals surface area contributed by atoms with Crippen LogP contribution in [0.3, 0.4) is 0 Å². The third-order valence-corrected chi connectivity index (χ3v) is 3.19. The number of hydrogen-bond donors (Lipinski definition) is 2. The Balaban J connectivity index is 1.90. The molecule has 2 rings (SSSR count). The van der Waals surface area contributed by atoms with Crippen LogP contribution in [0.1, 0.15) is 36.6 Å². The lowest BCUT2D eigenvalue weighted by molar-refractivity contribution is -0.122. The van der Waals surface area contributed by atoms with Gasteiger partial charge in [0.1, 0.15) is 0 Å². The Labute approximate surface area is 119 Å². The van der Waals surface area contributed by atoms with Gasteiger partial charge in [-0.05, 0) is 24.1 Å². The van der Waals surface area contributed by atoms with Crippen molar-refractivity contribution in [1.82, 2.24) is 10.3 Å². The molecule has 0 saturated carbocycles. The first-order chi connectivity index (χ1) is 9.66. The monoisotopic (exact) mass is 269 g/mol. The Morgan fingerprint density at radius 3 is 2.55 bits per heavy atom. The number of aromatic nitrogens is 1. The first kappa shape index (κ1) is 14.2. The van der Waals surface area contributed by atoms with Crippen LogP contribution in [0.25, 0.3) is 0 Å². The van der Waals surface area contributed by atoms with E-state index < -0.39 is 0 Å². The summed E-state index contributed by atoms with van der Waals surface area (Å²) in [5.74, 6) is -0.0577. The van der Waals surface area contributed by atoms with Gasteiger partial charge in [-0.3, -0.25) is 9.78 Å². The average molecular weight is 269 g/mol. The summed E-state index contributed by atoms with van der Waals surface area (Å²) in [6, 6.07) is 13.1. The Morgan fingerprint density at radius 2 is 1.90 bits per heavy atom. The number of hydrogen-bond acceptors (Lipinski definition) is 3. The molecule has 1 aromatic carbocycles. The second kappa shape index (κ2) is 6.82. The minimum Gasteiger partial charge on any atom is -0.349 e. The van der Waals surface area contributed by atoms with Crippen LogP contribution in [0.15, 0.2) is 54.9 Å². The molecule has 4 heteroatoms. The number of nitrogens with two attached hydrogens (primary N) is 1. The number of nitrogens with zero attached hydrogens (tertiary/aromatic N) is 1. The van der Waals surface area contributed by atoms with Crippen molar-refractivity contribution >= 4 is 5.91 Å². The number of carbonyl (C=O) groups excluding carboxylic acids is 1. The van der Waals surface area contributed by atoms with Crippen LogP contribution in [0.2, 0.25) is 0 Å². The lowest BCUT2D eigenvalue weighted by Gasteiger charge is -2.16. The molecule has 0 fully saturated rings. The van der Waals surface area contributed by atoms with Crippen molar-refractivity contribution in [2.24, 2.45) is 5.73 Å². The fourth-order valence-electron chi connectivity index (χ4n) is 2.03. The summed E-state index contributed by atoms with van der Waals surface area (Å²) in [6.07, 6.45) is 3.74. The highest BCUT2D eigenvalue weighted by atomic mass is 16.1. The fraction of sp³-hybridized carbons (Fsp3) is 0.250. The molecular formula is C16H19N3O. The zero-order valence-corrected chi connectivity index (χ0v) is 11.5. The number of nitrogens with one attached hydrogen (secondary N) is 1. The third kappa shape index (κ3) is 3.90. The molecule has 1 amide bonds. The predicted octanol–water partition coefficient (Wildman–Crippen LogP) is 2.35. The van der Waals surface area contributed by atoms with Crippen LogP contribution in [0.4, 0.5) is 0 Å². The second-order valence-corrected chi connectivity index (χ2v) is 4.80. The molecular weight excluding hydrogens is 250 g/mol. The van der Waals surface area contributed by atoms with Gasteiger partial charge in [0.05, 0.1) is 6.04 Å². The van der Waals surface area contributed by atoms with E-state index in [1.807, 2.05) is 49.4 Å². The molecule has 0 aliphatic rings. The minimum atomic E-state index is -0.280. The Morgan fingerprint density at radius 1 is 1.20 bits per heavy atom. The van der Waals surface area contributed by atoms with Gasteiger partial charge in [0, 0.05) is 24.9 Å². The van der Waals surface area contributed by atoms with Crippen molar-refractivity contribution < 1.29 is 4.79 Å². The fourth-order valence-corrected chi connectivity index (χ4v) is 2.03. The van der Waals surface area contributed by atoms with Gasteiger partial charge in [0.2, 0.25) is 5.91 Å². The number of benzene rings is 1. The van der Waals surface area contributed by atoms with Gasteiger partial charge in [-0.25, -0.2) is 0 Å². The molecule has 1 heterocycles. The van der Waals surface area contributed by atoms with Crippen LogP contribution in [-0.4, -0.2) is 10.9 Å². The van der Waals surface area contributed by atoms with Crippen LogP contribution < -0.4 is 11.1 Å². The van der Waals surface area contributed by atoms with Crippen molar-refractivity contribution in [2.75, 3.05) is 0 Å². The lowest BCUT2D eigenvalue weighted by Crippen LogP contribution is -2.29. The summed E-state index contributed by atoms with van der Waals surface area (Å²) in [5.41, 5.74) is 7.99. The van der Waals surface area contributed by atoms with E-state index in [-0.39, 0.29) is 24.4 Å². The molecule has 4 nitrogen and oxygen atoms in total. The highest BCUT2D eigenvalue weighted by Crippen LogP contribution is 2.15. The molecule has 1 aromatic heterocycles. The highest BCUT2D eigenvalue weighted by Gasteiger charge is 2.14. The number of rotatable bonds is 5. The Hall–Kier alpha value is -2.20. The number of amides is 1. The average Bonchev–Trinajstić information content (AvgIpc) is 2.49. The molecule has 0 aliphatic heterocycles. The van der Waals surface area contributed by atoms with E-state index in [4.69, 9.17) is 5.73 Å². The summed E-state index contributed by atoms with van der Waals surface area (Å²) in [6.45, 7) is 1.93. The van der Waals surface area contributed by atoms with E-state index in [2.05, 4.69) is 10.3 Å². The maximum absolute atomic E-state index is 12.0. The Bertz CT molecular complexity index is 493. The summed E-state index contributed by atoms with van der Waals surface area (Å²) >= 11 is 0. The molecule has 3 N–H and O–H groups in total. The molecule has 0 aliphatic carbocycles. The molecule has 2 atom stereocenters. The quantitative estimate of drug-likeness (QED) is 0.875. The molecule has 0 saturated heterocycles. The second-order valence-electron chi connectivity index (χ2n) is 4.80. The molecule has 0 bridgehead atoms. The van der Waals surface area contributed by atoms with Crippen LogP contribution in [0.5, 0.6) is 0 Å². The lowest BCUT2D eigenvalue weighted by atomic mass is 10.0. The van der Waals surface area contributed by atoms with Crippen LogP contribution >= 0.6 is 0 Å². The minimum absolute atomic E-state index is 0.0577. The standard InChI is InChI=1S/C16H19N3O/c1-12(14-8-5-9-18-11-14)19-16(20)10-15(17)13-6-3-2-4-7-13/h2-9,11-12,15H,10,17H2,1H3,(H,19,20)/t12-,15?/m0/s1. The molecule has 20 heavy (non-hydrogen) atoms. The summed E-state index contributed by atoms with van der Waals surface area (Å²) < 4.78 is 0. The van der Waals surface area contributed by atoms with Crippen molar-refractivity contribution in [3.63, 3.8) is 0 Å². The van der Waals surface area contributed by atoms with Gasteiger partial charge in [0.15, 0.2) is 0 Å². The van der Waals surface area contributed by atoms with Gasteiger partial charge in [0.25, 0.3) is 0 Å². The molecule has 0 radical (unpaired) electrons. The van der Waals surface area contributed by atoms with Gasteiger partial charge >= 0.3 is 0 Å². The molecule has 1 unspecified atom stereocenters. The largest absolute Gasteiger partial charge is 0.349 e. The zero-order chi connectivity index (χ0) is 14.4. The van der Waals surface area contributed by atoms with Crippen molar-refractivity contribution in [3.05, 3.63) is 66.0 Å². The summed E-state index contributed by atoms with van der Waals surface area (Å²) in [4.78, 5) is 16.0. The first-order valence-corrected chi connectivity index (χ1v) is 6.66. The van der Waals surface area contributed by atoms with Crippen LogP contribution in [0, 0.1) is 0 Å². The molecule has 2 aromatic rings. The van der Waals surface area contributed by atoms with E-state index in [0.29, 0.717) is 0 Å². The number of pyridine rings is 1. The highest BCUT2D eigenvalue weighted by molar-refractivity contribution is 5.77. The number of carbonyl (C=O) groups is 1. The van der Waals surface area contributed by atoms with Crippen molar-refractivity contribution in [3.8, 4) is 0 Å². The third-order valence-electron chi connectivity index (χ3n) is 3.19. The van der Waals surface area contributed by atoms with Gasteiger partial charge in [-0.1, -0.05) is 36.4 Å². The maximum Gasteiger partial charge on any atom is 0.222 e. The van der Waals surface area contributed by atoms with E-state index >= 15 is 0 Å². The van der Waals surface area contributed by atoms with Gasteiger partial charge in [-0.15, -0.1) is 0 Å². The van der Waals surface area contributed by atoms with E-state index in [1.165, 1.54) is 0 Å². The smallest absolute Gasteiger partial charge is 0.222 e. The first-order valence-electron chi connectivity index (χ1n) is 6.66. The van der Waals surface area contributed by atoms with Crippen molar-refractivity contribution in [2.45, 2.75) is 25.4 Å². The Kier molecular flexibility index (Phi) is 4.85. The van der Waals surface area contributed by atoms with E-state index in [9.17, 15) is 4.79 Å². The van der Waals surface area contributed by atoms with Gasteiger partial charge in [-0.2, -0.15) is 0 Å². The maximum atomic E-state index is 12.0. The summed E-state index contributed by atoms with van der Waals surface area (Å²) in [5, 5.41) is 2.94. The van der Waals surface area contributed by atoms with Gasteiger partial charge < -0.3 is 11.1 Å². The van der Waals surface area contributed by atoms with Crippen LogP contribution in [-0.2, 0) is 4.79 Å². The normalized spacial score (nSPS) is 13.5. The molecule has 0 spiro atoms. The topological polar surface area (TPSA) is 68.0 Å². The summed E-state index contributed by atoms with van der Waals surface area (Å²) in [7, 11) is 0. The van der Waals surface area contributed by atoms with E-state index in [0.717, 1.165) is 11.1 Å². The zero-order valence-electron chi connectivity index (χ0n) is 11.5. The predicted molar refractivity (Wildman–Crippen MR) is 78.8 cm³/mol.